The van der Waals surface area contributed by atoms with Crippen LogP contribution in [0.5, 0.6) is 0 Å². The Balaban J connectivity index is 0. The zero-order valence-corrected chi connectivity index (χ0v) is 13.3. The Hall–Kier alpha value is 0.870. The third-order valence-electron chi connectivity index (χ3n) is 2.99. The van der Waals surface area contributed by atoms with Crippen molar-refractivity contribution < 1.29 is 16.8 Å². The summed E-state index contributed by atoms with van der Waals surface area (Å²) in [7, 11) is -3.74. The van der Waals surface area contributed by atoms with Gasteiger partial charge in [-0.25, -0.2) is 8.37 Å². The Kier molecular flexibility index (Phi) is 18.8. The molecule has 0 fully saturated rings. The first-order valence-corrected chi connectivity index (χ1v) is 8.99. The van der Waals surface area contributed by atoms with E-state index in [4.69, 9.17) is 4.18 Å². The van der Waals surface area contributed by atoms with Crippen molar-refractivity contribution in [1.82, 2.24) is 0 Å². The number of unbranched alkanes of at least 4 members (excludes halogenated alkanes) is 9. The van der Waals surface area contributed by atoms with Crippen LogP contribution in [0.1, 0.15) is 78.1 Å². The van der Waals surface area contributed by atoms with Crippen molar-refractivity contribution in [3.05, 3.63) is 0 Å². The number of rotatable bonds is 14. The predicted molar refractivity (Wildman–Crippen MR) is 85.5 cm³/mol. The SMILES string of the molecule is CCCCCCCCCCCCOS(=O)(=O)OCC.[NaH]. The first-order chi connectivity index (χ1) is 9.12. The second kappa shape index (κ2) is 16.2. The third kappa shape index (κ3) is 16.9. The molecule has 0 aliphatic rings. The minimum absolute atomic E-state index is 0. The van der Waals surface area contributed by atoms with Crippen molar-refractivity contribution in [2.45, 2.75) is 78.1 Å². The quantitative estimate of drug-likeness (QED) is 0.363. The molecule has 0 radical (unpaired) electrons. The van der Waals surface area contributed by atoms with Gasteiger partial charge >= 0.3 is 40.0 Å². The fourth-order valence-corrected chi connectivity index (χ4v) is 2.61. The first kappa shape index (κ1) is 23.1. The maximum atomic E-state index is 11.0. The Morgan fingerprint density at radius 1 is 0.700 bits per heavy atom. The second-order valence-electron chi connectivity index (χ2n) is 4.82. The fraction of sp³-hybridized carbons (Fsp3) is 1.00. The summed E-state index contributed by atoms with van der Waals surface area (Å²) in [5, 5.41) is 0. The van der Waals surface area contributed by atoms with Crippen molar-refractivity contribution in [1.29, 1.82) is 0 Å². The molecule has 0 aliphatic carbocycles. The summed E-state index contributed by atoms with van der Waals surface area (Å²) in [5.41, 5.74) is 0. The van der Waals surface area contributed by atoms with E-state index in [1.54, 1.807) is 6.92 Å². The molecule has 0 aromatic carbocycles. The van der Waals surface area contributed by atoms with Gasteiger partial charge < -0.3 is 0 Å². The van der Waals surface area contributed by atoms with Gasteiger partial charge in [0.15, 0.2) is 0 Å². The molecule has 0 heterocycles. The summed E-state index contributed by atoms with van der Waals surface area (Å²) in [5.74, 6) is 0. The molecule has 0 aromatic rings. The van der Waals surface area contributed by atoms with E-state index in [1.165, 1.54) is 44.9 Å². The molecule has 4 nitrogen and oxygen atoms in total. The van der Waals surface area contributed by atoms with Gasteiger partial charge in [-0.05, 0) is 13.3 Å². The molecule has 0 saturated carbocycles. The monoisotopic (exact) mass is 318 g/mol. The van der Waals surface area contributed by atoms with Crippen LogP contribution in [0.2, 0.25) is 0 Å². The standard InChI is InChI=1S/C14H30O4S.Na.H/c1-3-5-6-7-8-9-10-11-12-13-14-18-19(15,16)17-4-2;;/h3-14H2,1-2H3;;. The van der Waals surface area contributed by atoms with Crippen molar-refractivity contribution in [3.8, 4) is 0 Å². The van der Waals surface area contributed by atoms with Gasteiger partial charge in [-0.3, -0.25) is 0 Å². The molecule has 0 saturated heterocycles. The molecule has 0 unspecified atom stereocenters. The van der Waals surface area contributed by atoms with Crippen LogP contribution in [0.25, 0.3) is 0 Å². The third-order valence-corrected chi connectivity index (χ3v) is 3.97. The molecule has 0 amide bonds. The van der Waals surface area contributed by atoms with Crippen LogP contribution in [0, 0.1) is 0 Å². The van der Waals surface area contributed by atoms with Gasteiger partial charge in [-0.2, -0.15) is 8.42 Å². The molecule has 0 bridgehead atoms. The first-order valence-electron chi connectivity index (χ1n) is 7.66. The van der Waals surface area contributed by atoms with E-state index in [0.717, 1.165) is 19.3 Å². The van der Waals surface area contributed by atoms with E-state index in [2.05, 4.69) is 11.1 Å². The van der Waals surface area contributed by atoms with Crippen LogP contribution >= 0.6 is 0 Å². The van der Waals surface area contributed by atoms with E-state index in [-0.39, 0.29) is 42.8 Å². The zero-order valence-electron chi connectivity index (χ0n) is 12.5. The molecule has 0 spiro atoms. The fourth-order valence-electron chi connectivity index (χ4n) is 1.93. The van der Waals surface area contributed by atoms with Gasteiger partial charge in [0.05, 0.1) is 13.2 Å². The normalized spacial score (nSPS) is 11.3. The van der Waals surface area contributed by atoms with Crippen molar-refractivity contribution in [2.75, 3.05) is 13.2 Å². The Labute approximate surface area is 147 Å². The van der Waals surface area contributed by atoms with Crippen molar-refractivity contribution in [3.63, 3.8) is 0 Å². The molecule has 6 heteroatoms. The van der Waals surface area contributed by atoms with Crippen molar-refractivity contribution in [2.24, 2.45) is 0 Å². The topological polar surface area (TPSA) is 52.6 Å². The summed E-state index contributed by atoms with van der Waals surface area (Å²) in [6.07, 6.45) is 12.2. The maximum absolute atomic E-state index is 11.0. The molecular formula is C14H31NaO4S. The Morgan fingerprint density at radius 3 is 1.60 bits per heavy atom. The average molecular weight is 318 g/mol. The van der Waals surface area contributed by atoms with E-state index < -0.39 is 10.4 Å². The van der Waals surface area contributed by atoms with E-state index >= 15 is 0 Å². The van der Waals surface area contributed by atoms with E-state index in [1.807, 2.05) is 0 Å². The van der Waals surface area contributed by atoms with Gasteiger partial charge in [0.2, 0.25) is 0 Å². The minimum atomic E-state index is -3.74. The predicted octanol–water partition coefficient (Wildman–Crippen LogP) is 3.56. The molecule has 0 atom stereocenters. The molecule has 20 heavy (non-hydrogen) atoms. The average Bonchev–Trinajstić information content (AvgIpc) is 2.36. The summed E-state index contributed by atoms with van der Waals surface area (Å²) >= 11 is 0. The summed E-state index contributed by atoms with van der Waals surface area (Å²) in [4.78, 5) is 0. The van der Waals surface area contributed by atoms with Gasteiger partial charge in [-0.15, -0.1) is 0 Å². The van der Waals surface area contributed by atoms with Crippen LogP contribution in [0.3, 0.4) is 0 Å². The Morgan fingerprint density at radius 2 is 1.15 bits per heavy atom. The van der Waals surface area contributed by atoms with Crippen LogP contribution in [-0.4, -0.2) is 51.2 Å². The van der Waals surface area contributed by atoms with Crippen LogP contribution < -0.4 is 0 Å². The van der Waals surface area contributed by atoms with E-state index in [0.29, 0.717) is 0 Å². The number of hydrogen-bond acceptors (Lipinski definition) is 4. The molecule has 0 aromatic heterocycles. The van der Waals surface area contributed by atoms with Gasteiger partial charge in [0, 0.05) is 0 Å². The zero-order chi connectivity index (χ0) is 14.4. The van der Waals surface area contributed by atoms with Gasteiger partial charge in [0.1, 0.15) is 0 Å². The van der Waals surface area contributed by atoms with Gasteiger partial charge in [-0.1, -0.05) is 64.7 Å². The van der Waals surface area contributed by atoms with Crippen LogP contribution in [0.4, 0.5) is 0 Å². The molecular weight excluding hydrogens is 287 g/mol. The summed E-state index contributed by atoms with van der Waals surface area (Å²) < 4.78 is 31.3. The molecule has 0 aliphatic heterocycles. The molecule has 118 valence electrons. The summed E-state index contributed by atoms with van der Waals surface area (Å²) in [6, 6.07) is 0. The molecule has 0 N–H and O–H groups in total. The number of hydrogen-bond donors (Lipinski definition) is 0. The van der Waals surface area contributed by atoms with Crippen molar-refractivity contribution >= 4 is 40.0 Å². The van der Waals surface area contributed by atoms with Crippen LogP contribution in [-0.2, 0) is 18.8 Å². The Bertz CT molecular complexity index is 281. The molecule has 0 rings (SSSR count). The second-order valence-corrected chi connectivity index (χ2v) is 6.11. The van der Waals surface area contributed by atoms with Crippen LogP contribution in [0.15, 0.2) is 0 Å². The van der Waals surface area contributed by atoms with E-state index in [9.17, 15) is 8.42 Å². The van der Waals surface area contributed by atoms with Gasteiger partial charge in [0.25, 0.3) is 0 Å². The summed E-state index contributed by atoms with van der Waals surface area (Å²) in [6.45, 7) is 4.22.